The fourth-order valence-electron chi connectivity index (χ4n) is 1.85. The second-order valence-electron chi connectivity index (χ2n) is 4.17. The van der Waals surface area contributed by atoms with Gasteiger partial charge in [-0.2, -0.15) is 9.10 Å². The molecule has 0 spiro atoms. The number of hydrogen-bond acceptors (Lipinski definition) is 6. The number of sulfonamides is 1. The molecule has 1 aliphatic rings. The maximum atomic E-state index is 12.0. The van der Waals surface area contributed by atoms with Crippen molar-refractivity contribution in [2.75, 3.05) is 25.4 Å². The first-order chi connectivity index (χ1) is 8.53. The highest BCUT2D eigenvalue weighted by molar-refractivity contribution is 7.89. The number of tetrazole rings is 1. The third-order valence-electron chi connectivity index (χ3n) is 2.70. The van der Waals surface area contributed by atoms with E-state index in [1.165, 1.54) is 9.10 Å². The van der Waals surface area contributed by atoms with Crippen LogP contribution in [0.15, 0.2) is 0 Å². The Morgan fingerprint density at radius 1 is 1.50 bits per heavy atom. The minimum absolute atomic E-state index is 0.160. The minimum Gasteiger partial charge on any atom is -0.367 e. The average molecular weight is 275 g/mol. The quantitative estimate of drug-likeness (QED) is 0.723. The van der Waals surface area contributed by atoms with Gasteiger partial charge in [0.1, 0.15) is 6.10 Å². The van der Waals surface area contributed by atoms with Crippen LogP contribution in [0.25, 0.3) is 0 Å². The van der Waals surface area contributed by atoms with Gasteiger partial charge in [0.25, 0.3) is 0 Å². The van der Waals surface area contributed by atoms with Crippen LogP contribution in [0.5, 0.6) is 0 Å². The zero-order valence-electron chi connectivity index (χ0n) is 10.5. The molecule has 1 atom stereocenters. The Morgan fingerprint density at radius 3 is 2.89 bits per heavy atom. The van der Waals surface area contributed by atoms with E-state index in [1.54, 1.807) is 7.05 Å². The van der Waals surface area contributed by atoms with E-state index in [0.29, 0.717) is 25.4 Å². The molecule has 8 nitrogen and oxygen atoms in total. The standard InChI is InChI=1S/C9H17N5O3S/c1-3-6-18(15,16)14-4-5-17-8(7-14)9-10-12-13(2)11-9/h8H,3-7H2,1-2H3. The van der Waals surface area contributed by atoms with E-state index in [2.05, 4.69) is 15.4 Å². The first-order valence-electron chi connectivity index (χ1n) is 5.86. The molecule has 1 saturated heterocycles. The monoisotopic (exact) mass is 275 g/mol. The van der Waals surface area contributed by atoms with Crippen LogP contribution in [0.4, 0.5) is 0 Å². The number of rotatable bonds is 4. The van der Waals surface area contributed by atoms with Crippen molar-refractivity contribution >= 4 is 10.0 Å². The predicted molar refractivity (Wildman–Crippen MR) is 63.1 cm³/mol. The fourth-order valence-corrected chi connectivity index (χ4v) is 3.34. The summed E-state index contributed by atoms with van der Waals surface area (Å²) < 4.78 is 30.9. The Morgan fingerprint density at radius 2 is 2.28 bits per heavy atom. The van der Waals surface area contributed by atoms with E-state index < -0.39 is 16.1 Å². The smallest absolute Gasteiger partial charge is 0.214 e. The third kappa shape index (κ3) is 2.85. The van der Waals surface area contributed by atoms with Crippen LogP contribution in [0.2, 0.25) is 0 Å². The molecule has 0 aromatic carbocycles. The highest BCUT2D eigenvalue weighted by atomic mass is 32.2. The van der Waals surface area contributed by atoms with Gasteiger partial charge in [-0.15, -0.1) is 10.2 Å². The Balaban J connectivity index is 2.09. The Hall–Kier alpha value is -1.06. The van der Waals surface area contributed by atoms with Crippen molar-refractivity contribution in [2.45, 2.75) is 19.4 Å². The van der Waals surface area contributed by atoms with Crippen molar-refractivity contribution in [2.24, 2.45) is 7.05 Å². The van der Waals surface area contributed by atoms with Crippen LogP contribution >= 0.6 is 0 Å². The lowest BCUT2D eigenvalue weighted by molar-refractivity contribution is -0.00764. The van der Waals surface area contributed by atoms with Gasteiger partial charge in [0.15, 0.2) is 0 Å². The third-order valence-corrected chi connectivity index (χ3v) is 4.74. The summed E-state index contributed by atoms with van der Waals surface area (Å²) >= 11 is 0. The second-order valence-corrected chi connectivity index (χ2v) is 6.26. The first-order valence-corrected chi connectivity index (χ1v) is 7.47. The summed E-state index contributed by atoms with van der Waals surface area (Å²) in [5, 5.41) is 11.6. The van der Waals surface area contributed by atoms with E-state index in [9.17, 15) is 8.42 Å². The number of ether oxygens (including phenoxy) is 1. The Kier molecular flexibility index (Phi) is 3.93. The van der Waals surface area contributed by atoms with Gasteiger partial charge in [-0.05, 0) is 11.6 Å². The van der Waals surface area contributed by atoms with Crippen LogP contribution in [0.3, 0.4) is 0 Å². The molecule has 0 radical (unpaired) electrons. The maximum absolute atomic E-state index is 12.0. The van der Waals surface area contributed by atoms with Crippen molar-refractivity contribution in [3.05, 3.63) is 5.82 Å². The van der Waals surface area contributed by atoms with Crippen LogP contribution in [-0.2, 0) is 21.8 Å². The summed E-state index contributed by atoms with van der Waals surface area (Å²) in [5.74, 6) is 0.585. The van der Waals surface area contributed by atoms with Gasteiger partial charge < -0.3 is 4.74 Å². The van der Waals surface area contributed by atoms with Gasteiger partial charge in [-0.25, -0.2) is 8.42 Å². The van der Waals surface area contributed by atoms with E-state index >= 15 is 0 Å². The molecule has 0 saturated carbocycles. The lowest BCUT2D eigenvalue weighted by Crippen LogP contribution is -2.43. The van der Waals surface area contributed by atoms with Gasteiger partial charge in [-0.1, -0.05) is 6.92 Å². The summed E-state index contributed by atoms with van der Waals surface area (Å²) in [6, 6.07) is 0. The van der Waals surface area contributed by atoms with Crippen molar-refractivity contribution in [1.82, 2.24) is 24.5 Å². The molecule has 2 heterocycles. The number of aromatic nitrogens is 4. The molecule has 1 aliphatic heterocycles. The highest BCUT2D eigenvalue weighted by Crippen LogP contribution is 2.20. The SMILES string of the molecule is CCCS(=O)(=O)N1CCOC(c2nnn(C)n2)C1. The van der Waals surface area contributed by atoms with Gasteiger partial charge in [0.2, 0.25) is 15.8 Å². The van der Waals surface area contributed by atoms with Crippen molar-refractivity contribution in [3.63, 3.8) is 0 Å². The zero-order valence-corrected chi connectivity index (χ0v) is 11.3. The molecule has 2 rings (SSSR count). The van der Waals surface area contributed by atoms with Crippen LogP contribution in [0.1, 0.15) is 25.3 Å². The van der Waals surface area contributed by atoms with Crippen LogP contribution < -0.4 is 0 Å². The van der Waals surface area contributed by atoms with Crippen LogP contribution in [0, 0.1) is 0 Å². The van der Waals surface area contributed by atoms with Gasteiger partial charge in [-0.3, -0.25) is 0 Å². The Bertz CT molecular complexity index is 500. The molecule has 0 bridgehead atoms. The minimum atomic E-state index is -3.20. The molecule has 18 heavy (non-hydrogen) atoms. The van der Waals surface area contributed by atoms with Gasteiger partial charge in [0, 0.05) is 13.1 Å². The molecular formula is C9H17N5O3S. The van der Waals surface area contributed by atoms with Crippen molar-refractivity contribution < 1.29 is 13.2 Å². The highest BCUT2D eigenvalue weighted by Gasteiger charge is 2.31. The predicted octanol–water partition coefficient (Wildman–Crippen LogP) is -0.677. The molecule has 0 N–H and O–H groups in total. The maximum Gasteiger partial charge on any atom is 0.214 e. The molecule has 1 unspecified atom stereocenters. The molecule has 0 amide bonds. The molecular weight excluding hydrogens is 258 g/mol. The lowest BCUT2D eigenvalue weighted by atomic mass is 10.3. The zero-order chi connectivity index (χ0) is 13.2. The second kappa shape index (κ2) is 5.29. The van der Waals surface area contributed by atoms with Gasteiger partial charge in [0.05, 0.1) is 19.4 Å². The molecule has 1 aromatic rings. The molecule has 9 heteroatoms. The fraction of sp³-hybridized carbons (Fsp3) is 0.889. The van der Waals surface area contributed by atoms with E-state index in [4.69, 9.17) is 4.74 Å². The normalized spacial score (nSPS) is 22.2. The summed E-state index contributed by atoms with van der Waals surface area (Å²) in [5.41, 5.74) is 0. The van der Waals surface area contributed by atoms with Gasteiger partial charge >= 0.3 is 0 Å². The van der Waals surface area contributed by atoms with E-state index in [1.807, 2.05) is 6.92 Å². The number of morpholine rings is 1. The number of aryl methyl sites for hydroxylation is 1. The molecule has 102 valence electrons. The summed E-state index contributed by atoms with van der Waals surface area (Å²) in [6.45, 7) is 2.85. The lowest BCUT2D eigenvalue weighted by Gasteiger charge is -2.30. The van der Waals surface area contributed by atoms with Crippen LogP contribution in [-0.4, -0.2) is 58.4 Å². The summed E-state index contributed by atoms with van der Waals surface area (Å²) in [4.78, 5) is 1.33. The van der Waals surface area contributed by atoms with E-state index in [-0.39, 0.29) is 12.3 Å². The summed E-state index contributed by atoms with van der Waals surface area (Å²) in [7, 11) is -1.54. The molecule has 1 aromatic heterocycles. The van der Waals surface area contributed by atoms with E-state index in [0.717, 1.165) is 0 Å². The Labute approximate surface area is 106 Å². The summed E-state index contributed by atoms with van der Waals surface area (Å²) in [6.07, 6.45) is 0.174. The largest absolute Gasteiger partial charge is 0.367 e. The molecule has 1 fully saturated rings. The topological polar surface area (TPSA) is 90.2 Å². The van der Waals surface area contributed by atoms with Crippen molar-refractivity contribution in [1.29, 1.82) is 0 Å². The first kappa shape index (κ1) is 13.4. The number of nitrogens with zero attached hydrogens (tertiary/aromatic N) is 5. The number of hydrogen-bond donors (Lipinski definition) is 0. The van der Waals surface area contributed by atoms with Crippen molar-refractivity contribution in [3.8, 4) is 0 Å². The average Bonchev–Trinajstić information content (AvgIpc) is 2.76. The molecule has 0 aliphatic carbocycles.